The molecule has 0 atom stereocenters. The Labute approximate surface area is 115 Å². The Morgan fingerprint density at radius 3 is 2.47 bits per heavy atom. The fourth-order valence-electron chi connectivity index (χ4n) is 2.18. The number of hydrogen-bond acceptors (Lipinski definition) is 3. The van der Waals surface area contributed by atoms with E-state index in [-0.39, 0.29) is 5.78 Å². The van der Waals surface area contributed by atoms with Crippen LogP contribution in [0, 0.1) is 25.8 Å². The third-order valence-electron chi connectivity index (χ3n) is 3.46. The number of carbonyl (C=O) groups excluding carboxylic acids is 1. The summed E-state index contributed by atoms with van der Waals surface area (Å²) in [6.07, 6.45) is 0. The summed E-state index contributed by atoms with van der Waals surface area (Å²) >= 11 is 0. The second-order valence-corrected chi connectivity index (χ2v) is 5.17. The number of ketones is 1. The van der Waals surface area contributed by atoms with E-state index in [1.165, 1.54) is 5.56 Å². The van der Waals surface area contributed by atoms with Gasteiger partial charge < -0.3 is 9.80 Å². The highest BCUT2D eigenvalue weighted by molar-refractivity contribution is 6.09. The molecule has 3 nitrogen and oxygen atoms in total. The Kier molecular flexibility index (Phi) is 4.24. The number of carbonyl (C=O) groups is 1. The molecule has 1 aliphatic heterocycles. The Morgan fingerprint density at radius 2 is 1.84 bits per heavy atom. The van der Waals surface area contributed by atoms with E-state index in [2.05, 4.69) is 23.9 Å². The Bertz CT molecular complexity index is 531. The highest BCUT2D eigenvalue weighted by Gasteiger charge is 2.11. The Balaban J connectivity index is 2.05. The molecule has 0 aliphatic carbocycles. The minimum Gasteiger partial charge on any atom is -0.330 e. The summed E-state index contributed by atoms with van der Waals surface area (Å²) < 4.78 is 0. The van der Waals surface area contributed by atoms with Crippen molar-refractivity contribution in [2.45, 2.75) is 13.8 Å². The van der Waals surface area contributed by atoms with E-state index in [0.717, 1.165) is 31.7 Å². The SMILES string of the molecule is Cc1ccc(C(=O)C#CN2CCN(C)CC2)c(C)c1. The van der Waals surface area contributed by atoms with Crippen molar-refractivity contribution in [1.29, 1.82) is 0 Å². The van der Waals surface area contributed by atoms with Crippen molar-refractivity contribution in [3.8, 4) is 12.0 Å². The van der Waals surface area contributed by atoms with Crippen molar-refractivity contribution in [2.24, 2.45) is 0 Å². The van der Waals surface area contributed by atoms with Crippen molar-refractivity contribution >= 4 is 5.78 Å². The van der Waals surface area contributed by atoms with Crippen LogP contribution < -0.4 is 0 Å². The van der Waals surface area contributed by atoms with Crippen molar-refractivity contribution in [1.82, 2.24) is 9.80 Å². The number of benzene rings is 1. The van der Waals surface area contributed by atoms with Crippen LogP contribution in [0.4, 0.5) is 0 Å². The molecule has 100 valence electrons. The smallest absolute Gasteiger partial charge is 0.237 e. The van der Waals surface area contributed by atoms with E-state index < -0.39 is 0 Å². The van der Waals surface area contributed by atoms with E-state index in [0.29, 0.717) is 5.56 Å². The first-order valence-electron chi connectivity index (χ1n) is 6.63. The van der Waals surface area contributed by atoms with Crippen LogP contribution in [0.15, 0.2) is 18.2 Å². The maximum atomic E-state index is 12.1. The lowest BCUT2D eigenvalue weighted by Crippen LogP contribution is -2.42. The highest BCUT2D eigenvalue weighted by Crippen LogP contribution is 2.10. The molecule has 0 amide bonds. The zero-order valence-corrected chi connectivity index (χ0v) is 11.9. The summed E-state index contributed by atoms with van der Waals surface area (Å²) in [5.41, 5.74) is 2.88. The van der Waals surface area contributed by atoms with Gasteiger partial charge in [0.2, 0.25) is 5.78 Å². The number of rotatable bonds is 1. The molecule has 0 spiro atoms. The summed E-state index contributed by atoms with van der Waals surface area (Å²) in [5, 5.41) is 0. The van der Waals surface area contributed by atoms with Gasteiger partial charge in [0.25, 0.3) is 0 Å². The molecule has 1 saturated heterocycles. The predicted molar refractivity (Wildman–Crippen MR) is 77.1 cm³/mol. The van der Waals surface area contributed by atoms with Gasteiger partial charge in [-0.05, 0) is 38.4 Å². The maximum absolute atomic E-state index is 12.1. The summed E-state index contributed by atoms with van der Waals surface area (Å²) in [5.74, 6) is 2.68. The number of aryl methyl sites for hydroxylation is 2. The molecule has 0 saturated carbocycles. The first-order chi connectivity index (χ1) is 9.06. The number of Topliss-reactive ketones (excluding diaryl/α,β-unsaturated/α-hetero) is 1. The van der Waals surface area contributed by atoms with E-state index in [4.69, 9.17) is 0 Å². The van der Waals surface area contributed by atoms with Crippen molar-refractivity contribution in [3.63, 3.8) is 0 Å². The first kappa shape index (κ1) is 13.6. The topological polar surface area (TPSA) is 23.6 Å². The predicted octanol–water partition coefficient (Wildman–Crippen LogP) is 1.69. The molecular formula is C16H20N2O. The molecule has 1 aliphatic rings. The average molecular weight is 256 g/mol. The number of hydrogen-bond donors (Lipinski definition) is 0. The molecule has 1 heterocycles. The fraction of sp³-hybridized carbons (Fsp3) is 0.438. The highest BCUT2D eigenvalue weighted by atomic mass is 16.1. The van der Waals surface area contributed by atoms with Crippen molar-refractivity contribution < 1.29 is 4.79 Å². The molecule has 0 N–H and O–H groups in total. The maximum Gasteiger partial charge on any atom is 0.237 e. The summed E-state index contributed by atoms with van der Waals surface area (Å²) in [7, 11) is 2.10. The molecule has 0 unspecified atom stereocenters. The van der Waals surface area contributed by atoms with Crippen LogP contribution >= 0.6 is 0 Å². The van der Waals surface area contributed by atoms with Crippen LogP contribution in [0.1, 0.15) is 21.5 Å². The van der Waals surface area contributed by atoms with Gasteiger partial charge >= 0.3 is 0 Å². The van der Waals surface area contributed by atoms with Gasteiger partial charge in [-0.15, -0.1) is 0 Å². The molecule has 0 bridgehead atoms. The van der Waals surface area contributed by atoms with E-state index in [9.17, 15) is 4.79 Å². The Morgan fingerprint density at radius 1 is 1.16 bits per heavy atom. The van der Waals surface area contributed by atoms with Gasteiger partial charge in [-0.2, -0.15) is 0 Å². The lowest BCUT2D eigenvalue weighted by atomic mass is 10.0. The molecule has 1 aromatic carbocycles. The second-order valence-electron chi connectivity index (χ2n) is 5.17. The standard InChI is InChI=1S/C16H20N2O/c1-13-4-5-15(14(2)12-13)16(19)6-7-18-10-8-17(3)9-11-18/h4-5,12H,8-11H2,1-3H3. The first-order valence-corrected chi connectivity index (χ1v) is 6.63. The van der Waals surface area contributed by atoms with Crippen LogP contribution in [-0.4, -0.2) is 48.8 Å². The van der Waals surface area contributed by atoms with Crippen LogP contribution in [0.2, 0.25) is 0 Å². The average Bonchev–Trinajstić information content (AvgIpc) is 2.37. The van der Waals surface area contributed by atoms with Crippen molar-refractivity contribution in [2.75, 3.05) is 33.2 Å². The largest absolute Gasteiger partial charge is 0.330 e. The van der Waals surface area contributed by atoms with E-state index in [1.807, 2.05) is 36.9 Å². The van der Waals surface area contributed by atoms with Crippen LogP contribution in [0.5, 0.6) is 0 Å². The van der Waals surface area contributed by atoms with Crippen molar-refractivity contribution in [3.05, 3.63) is 34.9 Å². The van der Waals surface area contributed by atoms with Gasteiger partial charge in [0.1, 0.15) is 0 Å². The second kappa shape index (κ2) is 5.90. The lowest BCUT2D eigenvalue weighted by molar-refractivity contribution is 0.105. The molecule has 0 radical (unpaired) electrons. The lowest BCUT2D eigenvalue weighted by Gasteiger charge is -2.29. The van der Waals surface area contributed by atoms with Gasteiger partial charge in [-0.1, -0.05) is 17.7 Å². The summed E-state index contributed by atoms with van der Waals surface area (Å²) in [6.45, 7) is 7.81. The number of likely N-dealkylation sites (N-methyl/N-ethyl adjacent to an activating group) is 1. The van der Waals surface area contributed by atoms with Crippen LogP contribution in [0.25, 0.3) is 0 Å². The zero-order chi connectivity index (χ0) is 13.8. The molecule has 1 aromatic rings. The zero-order valence-electron chi connectivity index (χ0n) is 11.9. The summed E-state index contributed by atoms with van der Waals surface area (Å²) in [6, 6.07) is 8.83. The normalized spacial score (nSPS) is 15.8. The summed E-state index contributed by atoms with van der Waals surface area (Å²) in [4.78, 5) is 16.4. The number of nitrogens with zero attached hydrogens (tertiary/aromatic N) is 2. The quantitative estimate of drug-likeness (QED) is 0.564. The molecule has 2 rings (SSSR count). The molecule has 1 fully saturated rings. The third-order valence-corrected chi connectivity index (χ3v) is 3.46. The van der Waals surface area contributed by atoms with Gasteiger partial charge in [-0.3, -0.25) is 4.79 Å². The fourth-order valence-corrected chi connectivity index (χ4v) is 2.18. The van der Waals surface area contributed by atoms with E-state index >= 15 is 0 Å². The third kappa shape index (κ3) is 3.59. The van der Waals surface area contributed by atoms with Gasteiger partial charge in [0, 0.05) is 37.8 Å². The molecule has 3 heteroatoms. The number of piperazine rings is 1. The van der Waals surface area contributed by atoms with Gasteiger partial charge in [-0.25, -0.2) is 0 Å². The van der Waals surface area contributed by atoms with Gasteiger partial charge in [0.15, 0.2) is 0 Å². The monoisotopic (exact) mass is 256 g/mol. The minimum atomic E-state index is -0.0866. The molecule has 0 aromatic heterocycles. The minimum absolute atomic E-state index is 0.0866. The molecule has 19 heavy (non-hydrogen) atoms. The Hall–Kier alpha value is -1.79. The molecular weight excluding hydrogens is 236 g/mol. The van der Waals surface area contributed by atoms with Crippen LogP contribution in [0.3, 0.4) is 0 Å². The van der Waals surface area contributed by atoms with Crippen LogP contribution in [-0.2, 0) is 0 Å². The van der Waals surface area contributed by atoms with E-state index in [1.54, 1.807) is 0 Å². The van der Waals surface area contributed by atoms with Gasteiger partial charge in [0.05, 0.1) is 0 Å².